The topological polar surface area (TPSA) is 47.6 Å². The molecule has 0 unspecified atom stereocenters. The highest BCUT2D eigenvalue weighted by molar-refractivity contribution is 5.81. The highest BCUT2D eigenvalue weighted by Crippen LogP contribution is 2.19. The van der Waals surface area contributed by atoms with E-state index in [1.807, 2.05) is 69.3 Å². The number of carbonyl (C=O) groups is 1. The minimum absolute atomic E-state index is 0.0981. The van der Waals surface area contributed by atoms with Gasteiger partial charge in [0.2, 0.25) is 0 Å². The Kier molecular flexibility index (Phi) is 6.24. The van der Waals surface area contributed by atoms with Crippen LogP contribution in [0.25, 0.3) is 0 Å². The summed E-state index contributed by atoms with van der Waals surface area (Å²) in [5, 5.41) is 3.01. The number of amides is 1. The van der Waals surface area contributed by atoms with Crippen molar-refractivity contribution in [3.05, 3.63) is 59.7 Å². The van der Waals surface area contributed by atoms with E-state index in [1.54, 1.807) is 7.11 Å². The van der Waals surface area contributed by atoms with Crippen molar-refractivity contribution < 1.29 is 14.3 Å². The van der Waals surface area contributed by atoms with E-state index in [-0.39, 0.29) is 11.9 Å². The summed E-state index contributed by atoms with van der Waals surface area (Å²) in [5.74, 6) is 1.40. The molecular weight excluding hydrogens is 302 g/mol. The standard InChI is InChI=1S/C20H25NO3/c1-5-19(24-18-10-6-14(2)7-11-18)20(22)21-15(3)16-8-12-17(23-4)13-9-16/h6-13,15,19H,5H2,1-4H3,(H,21,22)/t15-,19+/m1/s1. The fourth-order valence-electron chi connectivity index (χ4n) is 2.39. The minimum Gasteiger partial charge on any atom is -0.497 e. The van der Waals surface area contributed by atoms with Crippen LogP contribution in [0.15, 0.2) is 48.5 Å². The van der Waals surface area contributed by atoms with Crippen molar-refractivity contribution in [2.24, 2.45) is 0 Å². The monoisotopic (exact) mass is 327 g/mol. The Morgan fingerprint density at radius 1 is 1.04 bits per heavy atom. The van der Waals surface area contributed by atoms with Crippen molar-refractivity contribution in [3.63, 3.8) is 0 Å². The molecule has 2 atom stereocenters. The normalized spacial score (nSPS) is 13.0. The summed E-state index contributed by atoms with van der Waals surface area (Å²) in [4.78, 5) is 12.5. The lowest BCUT2D eigenvalue weighted by Crippen LogP contribution is -2.39. The smallest absolute Gasteiger partial charge is 0.261 e. The van der Waals surface area contributed by atoms with E-state index in [4.69, 9.17) is 9.47 Å². The molecular formula is C20H25NO3. The van der Waals surface area contributed by atoms with Gasteiger partial charge in [-0.25, -0.2) is 0 Å². The van der Waals surface area contributed by atoms with Crippen molar-refractivity contribution in [3.8, 4) is 11.5 Å². The van der Waals surface area contributed by atoms with Gasteiger partial charge in [-0.3, -0.25) is 4.79 Å². The van der Waals surface area contributed by atoms with E-state index in [9.17, 15) is 4.79 Å². The van der Waals surface area contributed by atoms with Crippen LogP contribution >= 0.6 is 0 Å². The Morgan fingerprint density at radius 2 is 1.62 bits per heavy atom. The van der Waals surface area contributed by atoms with Gasteiger partial charge in [0.05, 0.1) is 13.2 Å². The van der Waals surface area contributed by atoms with Gasteiger partial charge in [-0.2, -0.15) is 0 Å². The predicted molar refractivity (Wildman–Crippen MR) is 95.4 cm³/mol. The molecule has 0 radical (unpaired) electrons. The average molecular weight is 327 g/mol. The molecule has 1 N–H and O–H groups in total. The van der Waals surface area contributed by atoms with E-state index in [1.165, 1.54) is 0 Å². The highest BCUT2D eigenvalue weighted by atomic mass is 16.5. The van der Waals surface area contributed by atoms with Gasteiger partial charge in [0.15, 0.2) is 6.10 Å². The molecule has 128 valence electrons. The van der Waals surface area contributed by atoms with Crippen LogP contribution in [0.4, 0.5) is 0 Å². The number of ether oxygens (including phenoxy) is 2. The molecule has 4 nitrogen and oxygen atoms in total. The molecule has 0 saturated heterocycles. The van der Waals surface area contributed by atoms with Crippen LogP contribution in [-0.4, -0.2) is 19.1 Å². The molecule has 0 heterocycles. The van der Waals surface area contributed by atoms with Crippen LogP contribution in [0, 0.1) is 6.92 Å². The van der Waals surface area contributed by atoms with Gasteiger partial charge in [0.25, 0.3) is 5.91 Å². The average Bonchev–Trinajstić information content (AvgIpc) is 2.61. The van der Waals surface area contributed by atoms with E-state index in [2.05, 4.69) is 5.32 Å². The molecule has 0 aromatic heterocycles. The van der Waals surface area contributed by atoms with Crippen LogP contribution in [0.3, 0.4) is 0 Å². The van der Waals surface area contributed by atoms with Gasteiger partial charge >= 0.3 is 0 Å². The Labute approximate surface area is 143 Å². The first-order valence-electron chi connectivity index (χ1n) is 8.21. The van der Waals surface area contributed by atoms with Crippen LogP contribution in [0.1, 0.15) is 37.4 Å². The molecule has 1 amide bonds. The van der Waals surface area contributed by atoms with Gasteiger partial charge in [-0.1, -0.05) is 36.8 Å². The van der Waals surface area contributed by atoms with Crippen LogP contribution in [-0.2, 0) is 4.79 Å². The van der Waals surface area contributed by atoms with Crippen molar-refractivity contribution >= 4 is 5.91 Å². The van der Waals surface area contributed by atoms with Crippen molar-refractivity contribution in [1.82, 2.24) is 5.32 Å². The molecule has 2 rings (SSSR count). The zero-order chi connectivity index (χ0) is 17.5. The second kappa shape index (κ2) is 8.39. The van der Waals surface area contributed by atoms with E-state index < -0.39 is 6.10 Å². The van der Waals surface area contributed by atoms with Gasteiger partial charge in [0, 0.05) is 0 Å². The van der Waals surface area contributed by atoms with Gasteiger partial charge in [-0.15, -0.1) is 0 Å². The van der Waals surface area contributed by atoms with Crippen molar-refractivity contribution in [1.29, 1.82) is 0 Å². The molecule has 0 aliphatic carbocycles. The maximum absolute atomic E-state index is 12.5. The SMILES string of the molecule is CC[C@H](Oc1ccc(C)cc1)C(=O)N[C@H](C)c1ccc(OC)cc1. The Balaban J connectivity index is 1.98. The van der Waals surface area contributed by atoms with Crippen LogP contribution in [0.2, 0.25) is 0 Å². The largest absolute Gasteiger partial charge is 0.497 e. The van der Waals surface area contributed by atoms with Crippen LogP contribution in [0.5, 0.6) is 11.5 Å². The fraction of sp³-hybridized carbons (Fsp3) is 0.350. The molecule has 0 bridgehead atoms. The fourth-order valence-corrected chi connectivity index (χ4v) is 2.39. The zero-order valence-electron chi connectivity index (χ0n) is 14.7. The second-order valence-electron chi connectivity index (χ2n) is 5.83. The molecule has 0 aliphatic heterocycles. The second-order valence-corrected chi connectivity index (χ2v) is 5.83. The minimum atomic E-state index is -0.506. The highest BCUT2D eigenvalue weighted by Gasteiger charge is 2.20. The van der Waals surface area contributed by atoms with Crippen LogP contribution < -0.4 is 14.8 Å². The Bertz CT molecular complexity index is 650. The summed E-state index contributed by atoms with van der Waals surface area (Å²) in [6.45, 7) is 5.92. The summed E-state index contributed by atoms with van der Waals surface area (Å²) >= 11 is 0. The summed E-state index contributed by atoms with van der Waals surface area (Å²) in [6, 6.07) is 15.3. The first-order chi connectivity index (χ1) is 11.5. The molecule has 0 saturated carbocycles. The molecule has 0 fully saturated rings. The molecule has 2 aromatic carbocycles. The summed E-state index contributed by atoms with van der Waals surface area (Å²) < 4.78 is 11.0. The maximum atomic E-state index is 12.5. The Hall–Kier alpha value is -2.49. The summed E-state index contributed by atoms with van der Waals surface area (Å²) in [6.07, 6.45) is 0.100. The number of aryl methyl sites for hydroxylation is 1. The summed E-state index contributed by atoms with van der Waals surface area (Å²) in [7, 11) is 1.63. The zero-order valence-corrected chi connectivity index (χ0v) is 14.7. The molecule has 24 heavy (non-hydrogen) atoms. The number of carbonyl (C=O) groups excluding carboxylic acids is 1. The van der Waals surface area contributed by atoms with Gasteiger partial charge in [0.1, 0.15) is 11.5 Å². The Morgan fingerprint density at radius 3 is 2.17 bits per heavy atom. The number of rotatable bonds is 7. The first kappa shape index (κ1) is 17.9. The first-order valence-corrected chi connectivity index (χ1v) is 8.21. The number of nitrogens with one attached hydrogen (secondary N) is 1. The lowest BCUT2D eigenvalue weighted by Gasteiger charge is -2.21. The third-order valence-corrected chi connectivity index (χ3v) is 3.94. The third-order valence-electron chi connectivity index (χ3n) is 3.94. The quantitative estimate of drug-likeness (QED) is 0.835. The third kappa shape index (κ3) is 4.75. The number of hydrogen-bond donors (Lipinski definition) is 1. The van der Waals surface area contributed by atoms with E-state index in [0.717, 1.165) is 16.9 Å². The van der Waals surface area contributed by atoms with Gasteiger partial charge in [-0.05, 0) is 50.1 Å². The lowest BCUT2D eigenvalue weighted by molar-refractivity contribution is -0.128. The summed E-state index contributed by atoms with van der Waals surface area (Å²) in [5.41, 5.74) is 2.18. The number of hydrogen-bond acceptors (Lipinski definition) is 3. The molecule has 0 aliphatic rings. The lowest BCUT2D eigenvalue weighted by atomic mass is 10.1. The number of benzene rings is 2. The van der Waals surface area contributed by atoms with Crippen molar-refractivity contribution in [2.75, 3.05) is 7.11 Å². The van der Waals surface area contributed by atoms with E-state index in [0.29, 0.717) is 12.2 Å². The number of methoxy groups -OCH3 is 1. The van der Waals surface area contributed by atoms with E-state index >= 15 is 0 Å². The molecule has 2 aromatic rings. The maximum Gasteiger partial charge on any atom is 0.261 e. The van der Waals surface area contributed by atoms with Gasteiger partial charge < -0.3 is 14.8 Å². The molecule has 4 heteroatoms. The molecule has 0 spiro atoms. The predicted octanol–water partition coefficient (Wildman–Crippen LogP) is 4.04. The van der Waals surface area contributed by atoms with Crippen molar-refractivity contribution in [2.45, 2.75) is 39.3 Å².